The zero-order chi connectivity index (χ0) is 20.5. The summed E-state index contributed by atoms with van der Waals surface area (Å²) in [6.07, 6.45) is 0.648. The fraction of sp³-hybridized carbons (Fsp3) is 0.211. The van der Waals surface area contributed by atoms with Crippen LogP contribution in [0.2, 0.25) is 0 Å². The van der Waals surface area contributed by atoms with E-state index in [2.05, 4.69) is 31.8 Å². The van der Waals surface area contributed by atoms with Crippen LogP contribution in [0, 0.1) is 10.1 Å². The Labute approximate surface area is 170 Å². The normalized spacial score (nSPS) is 11.0. The molecule has 2 N–H and O–H groups in total. The zero-order valence-electron chi connectivity index (χ0n) is 15.1. The second-order valence-corrected chi connectivity index (χ2v) is 6.82. The standard InChI is InChI=1S/C19H19BrN4O4/c1-13(14-4-8-16(20)9-5-14)22-23-18(25)3-2-12-21-19(26)15-6-10-17(11-7-15)24(27)28/h4-11H,2-3,12H2,1H3,(H,21,26)(H,23,25)/b22-13+. The van der Waals surface area contributed by atoms with E-state index in [-0.39, 0.29) is 23.9 Å². The lowest BCUT2D eigenvalue weighted by Crippen LogP contribution is -2.26. The van der Waals surface area contributed by atoms with Crippen molar-refractivity contribution in [3.05, 3.63) is 74.2 Å². The Morgan fingerprint density at radius 2 is 1.68 bits per heavy atom. The van der Waals surface area contributed by atoms with Crippen molar-refractivity contribution in [3.63, 3.8) is 0 Å². The van der Waals surface area contributed by atoms with E-state index >= 15 is 0 Å². The van der Waals surface area contributed by atoms with Crippen molar-refractivity contribution in [3.8, 4) is 0 Å². The monoisotopic (exact) mass is 446 g/mol. The van der Waals surface area contributed by atoms with Gasteiger partial charge in [-0.2, -0.15) is 5.10 Å². The number of carbonyl (C=O) groups is 2. The second kappa shape index (κ2) is 10.3. The number of hydrogen-bond donors (Lipinski definition) is 2. The Kier molecular flexibility index (Phi) is 7.82. The highest BCUT2D eigenvalue weighted by Crippen LogP contribution is 2.12. The summed E-state index contributed by atoms with van der Waals surface area (Å²) >= 11 is 3.36. The number of hydrogen-bond acceptors (Lipinski definition) is 5. The molecule has 0 fully saturated rings. The number of hydrazone groups is 1. The van der Waals surface area contributed by atoms with Crippen LogP contribution >= 0.6 is 15.9 Å². The molecule has 0 aliphatic rings. The van der Waals surface area contributed by atoms with Gasteiger partial charge in [-0.15, -0.1) is 0 Å². The molecule has 0 radical (unpaired) electrons. The third-order valence-electron chi connectivity index (χ3n) is 3.82. The quantitative estimate of drug-likeness (QED) is 0.279. The van der Waals surface area contributed by atoms with Gasteiger partial charge in [0.25, 0.3) is 11.6 Å². The molecule has 0 aliphatic carbocycles. The van der Waals surface area contributed by atoms with Gasteiger partial charge >= 0.3 is 0 Å². The highest BCUT2D eigenvalue weighted by atomic mass is 79.9. The summed E-state index contributed by atoms with van der Waals surface area (Å²) < 4.78 is 0.962. The molecule has 0 bridgehead atoms. The van der Waals surface area contributed by atoms with Crippen molar-refractivity contribution >= 4 is 39.1 Å². The van der Waals surface area contributed by atoms with Crippen LogP contribution in [-0.4, -0.2) is 29.0 Å². The summed E-state index contributed by atoms with van der Waals surface area (Å²) in [5.74, 6) is -0.597. The van der Waals surface area contributed by atoms with Gasteiger partial charge in [0.05, 0.1) is 10.6 Å². The van der Waals surface area contributed by atoms with Crippen LogP contribution in [0.15, 0.2) is 58.1 Å². The largest absolute Gasteiger partial charge is 0.352 e. The first kappa shape index (κ1) is 21.2. The Balaban J connectivity index is 1.71. The van der Waals surface area contributed by atoms with Crippen LogP contribution in [0.1, 0.15) is 35.7 Å². The molecule has 0 saturated heterocycles. The molecule has 2 aromatic rings. The summed E-state index contributed by atoms with van der Waals surface area (Å²) in [6, 6.07) is 12.9. The number of nitrogens with zero attached hydrogens (tertiary/aromatic N) is 2. The number of amides is 2. The number of carbonyl (C=O) groups excluding carboxylic acids is 2. The summed E-state index contributed by atoms with van der Waals surface area (Å²) in [7, 11) is 0. The van der Waals surface area contributed by atoms with Crippen molar-refractivity contribution in [2.75, 3.05) is 6.54 Å². The maximum atomic E-state index is 12.0. The number of rotatable bonds is 8. The number of non-ortho nitro benzene ring substituents is 1. The number of halogens is 1. The van der Waals surface area contributed by atoms with Gasteiger partial charge in [-0.25, -0.2) is 5.43 Å². The Morgan fingerprint density at radius 3 is 2.29 bits per heavy atom. The van der Waals surface area contributed by atoms with Crippen LogP contribution in [0.5, 0.6) is 0 Å². The molecule has 0 aliphatic heterocycles. The molecular weight excluding hydrogens is 428 g/mol. The summed E-state index contributed by atoms with van der Waals surface area (Å²) in [5.41, 5.74) is 4.33. The van der Waals surface area contributed by atoms with Gasteiger partial charge in [-0.1, -0.05) is 28.1 Å². The molecule has 0 heterocycles. The first-order valence-electron chi connectivity index (χ1n) is 8.48. The van der Waals surface area contributed by atoms with E-state index in [9.17, 15) is 19.7 Å². The van der Waals surface area contributed by atoms with Gasteiger partial charge in [-0.05, 0) is 43.2 Å². The van der Waals surface area contributed by atoms with E-state index in [4.69, 9.17) is 0 Å². The lowest BCUT2D eigenvalue weighted by Gasteiger charge is -2.05. The fourth-order valence-corrected chi connectivity index (χ4v) is 2.51. The first-order chi connectivity index (χ1) is 13.4. The lowest BCUT2D eigenvalue weighted by molar-refractivity contribution is -0.384. The predicted molar refractivity (Wildman–Crippen MR) is 109 cm³/mol. The maximum absolute atomic E-state index is 12.0. The van der Waals surface area contributed by atoms with E-state index in [0.29, 0.717) is 24.2 Å². The van der Waals surface area contributed by atoms with Crippen LogP contribution < -0.4 is 10.7 Å². The van der Waals surface area contributed by atoms with Crippen molar-refractivity contribution in [1.29, 1.82) is 0 Å². The zero-order valence-corrected chi connectivity index (χ0v) is 16.7. The summed E-state index contributed by atoms with van der Waals surface area (Å²) in [4.78, 5) is 33.9. The van der Waals surface area contributed by atoms with E-state index in [1.165, 1.54) is 24.3 Å². The smallest absolute Gasteiger partial charge is 0.269 e. The van der Waals surface area contributed by atoms with Gasteiger partial charge in [0.2, 0.25) is 5.91 Å². The molecule has 2 amide bonds. The Hall–Kier alpha value is -3.07. The molecule has 0 unspecified atom stereocenters. The van der Waals surface area contributed by atoms with Gasteiger partial charge in [0, 0.05) is 35.1 Å². The van der Waals surface area contributed by atoms with E-state index < -0.39 is 4.92 Å². The number of nitro benzene ring substituents is 1. The van der Waals surface area contributed by atoms with E-state index in [1.807, 2.05) is 24.3 Å². The molecule has 8 nitrogen and oxygen atoms in total. The summed E-state index contributed by atoms with van der Waals surface area (Å²) in [6.45, 7) is 2.10. The molecular formula is C19H19BrN4O4. The SMILES string of the molecule is C/C(=N\NC(=O)CCCNC(=O)c1ccc([N+](=O)[O-])cc1)c1ccc(Br)cc1. The van der Waals surface area contributed by atoms with Crippen LogP contribution in [-0.2, 0) is 4.79 Å². The van der Waals surface area contributed by atoms with Gasteiger partial charge in [0.15, 0.2) is 0 Å². The van der Waals surface area contributed by atoms with Crippen LogP contribution in [0.25, 0.3) is 0 Å². The van der Waals surface area contributed by atoms with Crippen molar-refractivity contribution < 1.29 is 14.5 Å². The highest BCUT2D eigenvalue weighted by Gasteiger charge is 2.09. The Bertz CT molecular complexity index is 880. The van der Waals surface area contributed by atoms with Gasteiger partial charge < -0.3 is 5.32 Å². The molecule has 2 rings (SSSR count). The number of benzene rings is 2. The third kappa shape index (κ3) is 6.58. The molecule has 146 valence electrons. The Morgan fingerprint density at radius 1 is 1.07 bits per heavy atom. The second-order valence-electron chi connectivity index (χ2n) is 5.90. The molecule has 28 heavy (non-hydrogen) atoms. The molecule has 9 heteroatoms. The average Bonchev–Trinajstić information content (AvgIpc) is 2.69. The van der Waals surface area contributed by atoms with Crippen LogP contribution in [0.4, 0.5) is 5.69 Å². The minimum Gasteiger partial charge on any atom is -0.352 e. The molecule has 0 spiro atoms. The van der Waals surface area contributed by atoms with E-state index in [0.717, 1.165) is 10.0 Å². The number of nitro groups is 1. The maximum Gasteiger partial charge on any atom is 0.269 e. The average molecular weight is 447 g/mol. The van der Waals surface area contributed by atoms with E-state index in [1.54, 1.807) is 6.92 Å². The predicted octanol–water partition coefficient (Wildman–Crippen LogP) is 3.41. The lowest BCUT2D eigenvalue weighted by atomic mass is 10.1. The topological polar surface area (TPSA) is 114 Å². The van der Waals surface area contributed by atoms with Crippen molar-refractivity contribution in [2.24, 2.45) is 5.10 Å². The molecule has 0 saturated carbocycles. The molecule has 0 aromatic heterocycles. The fourth-order valence-electron chi connectivity index (χ4n) is 2.25. The minimum absolute atomic E-state index is 0.0767. The molecule has 0 atom stereocenters. The minimum atomic E-state index is -0.527. The van der Waals surface area contributed by atoms with Crippen molar-refractivity contribution in [2.45, 2.75) is 19.8 Å². The van der Waals surface area contributed by atoms with Gasteiger partial charge in [0.1, 0.15) is 0 Å². The number of nitrogens with one attached hydrogen (secondary N) is 2. The highest BCUT2D eigenvalue weighted by molar-refractivity contribution is 9.10. The summed E-state index contributed by atoms with van der Waals surface area (Å²) in [5, 5.41) is 17.3. The first-order valence-corrected chi connectivity index (χ1v) is 9.28. The van der Waals surface area contributed by atoms with Crippen molar-refractivity contribution in [1.82, 2.24) is 10.7 Å². The van der Waals surface area contributed by atoms with Gasteiger partial charge in [-0.3, -0.25) is 19.7 Å². The van der Waals surface area contributed by atoms with Crippen LogP contribution in [0.3, 0.4) is 0 Å². The molecule has 2 aromatic carbocycles. The third-order valence-corrected chi connectivity index (χ3v) is 4.35.